The van der Waals surface area contributed by atoms with Gasteiger partial charge in [0.05, 0.1) is 0 Å². The van der Waals surface area contributed by atoms with Crippen molar-refractivity contribution in [2.24, 2.45) is 0 Å². The highest BCUT2D eigenvalue weighted by molar-refractivity contribution is 7.71. The van der Waals surface area contributed by atoms with Crippen LogP contribution in [0.25, 0.3) is 0 Å². The molecule has 1 unspecified atom stereocenters. The van der Waals surface area contributed by atoms with Crippen LogP contribution < -0.4 is 5.69 Å². The van der Waals surface area contributed by atoms with Gasteiger partial charge in [-0.25, -0.2) is 9.18 Å². The summed E-state index contributed by atoms with van der Waals surface area (Å²) in [6.07, 6.45) is -1.70. The molecule has 2 heterocycles. The Bertz CT molecular complexity index is 647. The summed E-state index contributed by atoms with van der Waals surface area (Å²) in [5, 5.41) is 28.8. The monoisotopic (exact) mass is 290 g/mol. The first kappa shape index (κ1) is 12.9. The second-order valence-corrected chi connectivity index (χ2v) is 5.17. The van der Waals surface area contributed by atoms with Crippen LogP contribution in [-0.2, 0) is 4.74 Å². The summed E-state index contributed by atoms with van der Waals surface area (Å²) in [6, 6.07) is 0.507. The summed E-state index contributed by atoms with van der Waals surface area (Å²) in [7, 11) is 0. The Balaban J connectivity index is 1.97. The van der Waals surface area contributed by atoms with Crippen molar-refractivity contribution in [2.45, 2.75) is 29.7 Å². The summed E-state index contributed by atoms with van der Waals surface area (Å²) < 4.78 is 19.9. The number of ether oxygens (including phenoxy) is 1. The molecule has 1 aliphatic carbocycles. The highest BCUT2D eigenvalue weighted by Crippen LogP contribution is 2.61. The Labute approximate surface area is 110 Å². The number of rotatable bonds is 2. The zero-order chi connectivity index (χ0) is 14.0. The lowest BCUT2D eigenvalue weighted by molar-refractivity contribution is -0.213. The average Bonchev–Trinajstić information content (AvgIpc) is 2.87. The lowest BCUT2D eigenvalue weighted by Gasteiger charge is -2.27. The maximum Gasteiger partial charge on any atom is 0.326 e. The van der Waals surface area contributed by atoms with Crippen LogP contribution in [0.15, 0.2) is 17.1 Å². The Hall–Kier alpha value is -1.13. The van der Waals surface area contributed by atoms with Crippen LogP contribution in [0.1, 0.15) is 6.04 Å². The third kappa shape index (κ3) is 1.50. The molecule has 1 aromatic heterocycles. The van der Waals surface area contributed by atoms with E-state index in [4.69, 9.17) is 22.1 Å². The number of nitrogens with one attached hydrogen (secondary N) is 1. The van der Waals surface area contributed by atoms with Gasteiger partial charge in [0.15, 0.2) is 0 Å². The van der Waals surface area contributed by atoms with E-state index < -0.39 is 42.0 Å². The van der Waals surface area contributed by atoms with Crippen molar-refractivity contribution < 1.29 is 24.4 Å². The molecule has 2 fully saturated rings. The molecular weight excluding hydrogens is 279 g/mol. The Kier molecular flexibility index (Phi) is 2.51. The molecule has 0 bridgehead atoms. The molecule has 5 atom stereocenters. The van der Waals surface area contributed by atoms with E-state index >= 15 is 0 Å². The van der Waals surface area contributed by atoms with Crippen molar-refractivity contribution >= 4 is 12.2 Å². The molecule has 1 saturated carbocycles. The minimum atomic E-state index is -2.71. The number of aliphatic hydroxyl groups excluding tert-OH is 2. The number of nitrogens with zero attached hydrogens (tertiary/aromatic N) is 1. The van der Waals surface area contributed by atoms with E-state index in [1.807, 2.05) is 0 Å². The zero-order valence-corrected chi connectivity index (χ0v) is 10.3. The van der Waals surface area contributed by atoms with Gasteiger partial charge in [-0.1, -0.05) is 12.2 Å². The van der Waals surface area contributed by atoms with Crippen molar-refractivity contribution in [2.75, 3.05) is 6.61 Å². The molecule has 104 valence electrons. The van der Waals surface area contributed by atoms with E-state index in [2.05, 4.69) is 4.98 Å². The number of aromatic nitrogens is 2. The largest absolute Gasteiger partial charge is 0.390 e. The van der Waals surface area contributed by atoms with Gasteiger partial charge in [-0.3, -0.25) is 9.55 Å². The van der Waals surface area contributed by atoms with Gasteiger partial charge in [0.2, 0.25) is 0 Å². The minimum Gasteiger partial charge on any atom is -0.390 e. The molecular formula is C10H11FN2O5S. The topological polar surface area (TPSA) is 108 Å². The quantitative estimate of drug-likeness (QED) is 0.500. The predicted octanol–water partition coefficient (Wildman–Crippen LogP) is -1.39. The van der Waals surface area contributed by atoms with Crippen LogP contribution in [0.4, 0.5) is 4.39 Å². The summed E-state index contributed by atoms with van der Waals surface area (Å²) in [6.45, 7) is -1.08. The highest BCUT2D eigenvalue weighted by Gasteiger charge is 2.82. The van der Waals surface area contributed by atoms with Gasteiger partial charge in [-0.2, -0.15) is 0 Å². The summed E-state index contributed by atoms with van der Waals surface area (Å²) in [5.74, 6) is -2.71. The number of halogens is 1. The standard InChI is InChI=1S/C10H11FN2O5S/c11-9(3-14)7(15)10(17)5(6(10)18-9)13-2-1-4(19)12-8(13)16/h1-2,5-7,14-15,17H,3H2,(H,12,16,19)/t5?,6-,7+,9+,10+/m0/s1. The fourth-order valence-electron chi connectivity index (χ4n) is 2.58. The summed E-state index contributed by atoms with van der Waals surface area (Å²) >= 11 is 4.77. The SMILES string of the molecule is O=c1[nH]c(=S)ccn1C1[C@@H]2O[C@](F)(CO)[C@@H](O)[C@@]12O. The number of hydrogen-bond acceptors (Lipinski definition) is 6. The third-order valence-corrected chi connectivity index (χ3v) is 3.88. The van der Waals surface area contributed by atoms with Gasteiger partial charge in [0, 0.05) is 6.20 Å². The van der Waals surface area contributed by atoms with Crippen LogP contribution in [0.3, 0.4) is 0 Å². The van der Waals surface area contributed by atoms with Crippen molar-refractivity contribution in [1.82, 2.24) is 9.55 Å². The first-order valence-corrected chi connectivity index (χ1v) is 5.95. The summed E-state index contributed by atoms with van der Waals surface area (Å²) in [5.41, 5.74) is -2.53. The molecule has 4 N–H and O–H groups in total. The molecule has 0 radical (unpaired) electrons. The van der Waals surface area contributed by atoms with Crippen LogP contribution in [-0.4, -0.2) is 55.1 Å². The van der Waals surface area contributed by atoms with Gasteiger partial charge in [0.1, 0.15) is 35.1 Å². The van der Waals surface area contributed by atoms with Gasteiger partial charge in [-0.15, -0.1) is 0 Å². The molecule has 9 heteroatoms. The molecule has 0 spiro atoms. The predicted molar refractivity (Wildman–Crippen MR) is 61.7 cm³/mol. The molecule has 7 nitrogen and oxygen atoms in total. The number of aliphatic hydroxyl groups is 3. The van der Waals surface area contributed by atoms with Crippen LogP contribution in [0.2, 0.25) is 0 Å². The molecule has 0 aromatic carbocycles. The van der Waals surface area contributed by atoms with Crippen molar-refractivity contribution in [3.63, 3.8) is 0 Å². The Morgan fingerprint density at radius 1 is 1.63 bits per heavy atom. The number of hydrogen-bond donors (Lipinski definition) is 4. The minimum absolute atomic E-state index is 0.218. The second kappa shape index (κ2) is 3.70. The van der Waals surface area contributed by atoms with E-state index in [-0.39, 0.29) is 4.64 Å². The smallest absolute Gasteiger partial charge is 0.326 e. The molecule has 1 saturated heterocycles. The first-order valence-electron chi connectivity index (χ1n) is 5.54. The number of alkyl halides is 1. The molecule has 1 aromatic rings. The fourth-order valence-corrected chi connectivity index (χ4v) is 2.73. The van der Waals surface area contributed by atoms with Gasteiger partial charge in [0.25, 0.3) is 5.85 Å². The van der Waals surface area contributed by atoms with Gasteiger partial charge in [-0.05, 0) is 6.07 Å². The lowest BCUT2D eigenvalue weighted by Crippen LogP contribution is -2.48. The summed E-state index contributed by atoms with van der Waals surface area (Å²) in [4.78, 5) is 14.0. The highest BCUT2D eigenvalue weighted by atomic mass is 32.1. The normalized spacial score (nSPS) is 44.1. The maximum atomic E-state index is 13.8. The fraction of sp³-hybridized carbons (Fsp3) is 0.600. The number of aromatic amines is 1. The number of H-pyrrole nitrogens is 1. The maximum absolute atomic E-state index is 13.8. The van der Waals surface area contributed by atoms with Gasteiger partial charge < -0.3 is 20.1 Å². The molecule has 3 rings (SSSR count). The van der Waals surface area contributed by atoms with Crippen molar-refractivity contribution in [3.05, 3.63) is 27.4 Å². The second-order valence-electron chi connectivity index (χ2n) is 4.73. The number of fused-ring (bicyclic) bond motifs is 1. The van der Waals surface area contributed by atoms with Crippen molar-refractivity contribution in [3.8, 4) is 0 Å². The molecule has 0 amide bonds. The van der Waals surface area contributed by atoms with Crippen LogP contribution in [0.5, 0.6) is 0 Å². The van der Waals surface area contributed by atoms with Crippen molar-refractivity contribution in [1.29, 1.82) is 0 Å². The lowest BCUT2D eigenvalue weighted by atomic mass is 10.1. The van der Waals surface area contributed by atoms with E-state index in [1.165, 1.54) is 12.3 Å². The molecule has 1 aliphatic heterocycles. The van der Waals surface area contributed by atoms with Crippen LogP contribution >= 0.6 is 12.2 Å². The van der Waals surface area contributed by atoms with Crippen LogP contribution in [0, 0.1) is 4.64 Å². The van der Waals surface area contributed by atoms with E-state index in [0.29, 0.717) is 0 Å². The first-order chi connectivity index (χ1) is 8.84. The van der Waals surface area contributed by atoms with E-state index in [9.17, 15) is 19.4 Å². The molecule has 19 heavy (non-hydrogen) atoms. The Morgan fingerprint density at radius 2 is 2.32 bits per heavy atom. The van der Waals surface area contributed by atoms with E-state index in [0.717, 1.165) is 4.57 Å². The zero-order valence-electron chi connectivity index (χ0n) is 9.49. The van der Waals surface area contributed by atoms with E-state index in [1.54, 1.807) is 0 Å². The average molecular weight is 290 g/mol. The van der Waals surface area contributed by atoms with Gasteiger partial charge >= 0.3 is 5.69 Å². The third-order valence-electron chi connectivity index (χ3n) is 3.64. The molecule has 2 aliphatic rings. The Morgan fingerprint density at radius 3 is 2.79 bits per heavy atom.